The minimum atomic E-state index is 0.164. The molecule has 6 nitrogen and oxygen atoms in total. The first-order valence-electron chi connectivity index (χ1n) is 8.53. The molecule has 1 saturated heterocycles. The smallest absolute Gasteiger partial charge is 0.141 e. The second-order valence-electron chi connectivity index (χ2n) is 6.60. The van der Waals surface area contributed by atoms with Crippen molar-refractivity contribution in [1.82, 2.24) is 14.9 Å². The number of nitrogens with zero attached hydrogens (tertiary/aromatic N) is 3. The Morgan fingerprint density at radius 2 is 2.25 bits per heavy atom. The Labute approximate surface area is 143 Å². The van der Waals surface area contributed by atoms with Crippen LogP contribution >= 0.6 is 0 Å². The summed E-state index contributed by atoms with van der Waals surface area (Å²) >= 11 is 0. The Morgan fingerprint density at radius 3 is 3.04 bits per heavy atom. The maximum atomic E-state index is 5.90. The molecule has 0 spiro atoms. The average Bonchev–Trinajstić information content (AvgIpc) is 2.59. The number of methoxy groups -OCH3 is 1. The van der Waals surface area contributed by atoms with E-state index in [0.29, 0.717) is 5.92 Å². The normalized spacial score (nSPS) is 18.9. The molecule has 130 valence electrons. The summed E-state index contributed by atoms with van der Waals surface area (Å²) in [6.07, 6.45) is 1.74. The van der Waals surface area contributed by atoms with Gasteiger partial charge in [0.1, 0.15) is 17.9 Å². The van der Waals surface area contributed by atoms with Crippen LogP contribution in [0.15, 0.2) is 24.5 Å². The highest BCUT2D eigenvalue weighted by atomic mass is 16.5. The van der Waals surface area contributed by atoms with Gasteiger partial charge in [0, 0.05) is 26.2 Å². The molecule has 1 atom stereocenters. The van der Waals surface area contributed by atoms with E-state index in [0.717, 1.165) is 55.3 Å². The van der Waals surface area contributed by atoms with Crippen molar-refractivity contribution >= 4 is 16.7 Å². The van der Waals surface area contributed by atoms with E-state index in [2.05, 4.69) is 34.0 Å². The van der Waals surface area contributed by atoms with Gasteiger partial charge >= 0.3 is 0 Å². The molecule has 0 radical (unpaired) electrons. The van der Waals surface area contributed by atoms with Crippen LogP contribution in [0, 0.1) is 5.92 Å². The third-order valence-corrected chi connectivity index (χ3v) is 4.19. The molecule has 0 bridgehead atoms. The highest BCUT2D eigenvalue weighted by Crippen LogP contribution is 2.29. The Balaban J connectivity index is 1.69. The lowest BCUT2D eigenvalue weighted by Crippen LogP contribution is -2.46. The molecule has 2 aromatic rings. The highest BCUT2D eigenvalue weighted by Gasteiger charge is 2.21. The maximum Gasteiger partial charge on any atom is 0.141 e. The number of morpholine rings is 1. The van der Waals surface area contributed by atoms with Gasteiger partial charge in [-0.1, -0.05) is 19.9 Å². The molecule has 1 aliphatic rings. The monoisotopic (exact) mass is 330 g/mol. The van der Waals surface area contributed by atoms with E-state index in [1.165, 1.54) is 0 Å². The first-order valence-corrected chi connectivity index (χ1v) is 8.53. The van der Waals surface area contributed by atoms with Gasteiger partial charge in [0.25, 0.3) is 0 Å². The predicted molar refractivity (Wildman–Crippen MR) is 95.6 cm³/mol. The molecular formula is C18H26N4O2. The second-order valence-corrected chi connectivity index (χ2v) is 6.60. The summed E-state index contributed by atoms with van der Waals surface area (Å²) in [7, 11) is 1.67. The van der Waals surface area contributed by atoms with Crippen LogP contribution in [0.5, 0.6) is 5.75 Å². The largest absolute Gasteiger partial charge is 0.496 e. The zero-order valence-corrected chi connectivity index (χ0v) is 14.7. The molecular weight excluding hydrogens is 304 g/mol. The summed E-state index contributed by atoms with van der Waals surface area (Å²) in [5, 5.41) is 4.34. The lowest BCUT2D eigenvalue weighted by molar-refractivity contribution is -0.0244. The van der Waals surface area contributed by atoms with Gasteiger partial charge in [-0.05, 0) is 18.1 Å². The SMILES string of the molecule is COc1cccc2ncnc(NCC3CN(CC(C)C)CCO3)c12. The molecule has 24 heavy (non-hydrogen) atoms. The molecule has 1 unspecified atom stereocenters. The van der Waals surface area contributed by atoms with Crippen LogP contribution in [-0.2, 0) is 4.74 Å². The van der Waals surface area contributed by atoms with Crippen molar-refractivity contribution in [2.45, 2.75) is 20.0 Å². The van der Waals surface area contributed by atoms with E-state index < -0.39 is 0 Å². The fourth-order valence-corrected chi connectivity index (χ4v) is 3.18. The van der Waals surface area contributed by atoms with Gasteiger partial charge in [0.2, 0.25) is 0 Å². The molecule has 1 fully saturated rings. The summed E-state index contributed by atoms with van der Waals surface area (Å²) in [5.74, 6) is 2.25. The number of hydrogen-bond donors (Lipinski definition) is 1. The molecule has 1 aromatic carbocycles. The molecule has 1 aliphatic heterocycles. The Hall–Kier alpha value is -1.92. The third-order valence-electron chi connectivity index (χ3n) is 4.19. The van der Waals surface area contributed by atoms with Crippen molar-refractivity contribution in [3.05, 3.63) is 24.5 Å². The molecule has 0 aliphatic carbocycles. The zero-order valence-electron chi connectivity index (χ0n) is 14.7. The van der Waals surface area contributed by atoms with Gasteiger partial charge in [-0.25, -0.2) is 9.97 Å². The van der Waals surface area contributed by atoms with Crippen molar-refractivity contribution in [3.63, 3.8) is 0 Å². The average molecular weight is 330 g/mol. The number of benzene rings is 1. The summed E-state index contributed by atoms with van der Waals surface area (Å²) in [4.78, 5) is 11.2. The Morgan fingerprint density at radius 1 is 1.38 bits per heavy atom. The Kier molecular flexibility index (Phi) is 5.48. The summed E-state index contributed by atoms with van der Waals surface area (Å²) in [6, 6.07) is 5.83. The predicted octanol–water partition coefficient (Wildman–Crippen LogP) is 2.41. The van der Waals surface area contributed by atoms with Crippen molar-refractivity contribution in [3.8, 4) is 5.75 Å². The van der Waals surface area contributed by atoms with Gasteiger partial charge in [-0.3, -0.25) is 4.90 Å². The number of anilines is 1. The highest BCUT2D eigenvalue weighted by molar-refractivity contribution is 5.94. The second kappa shape index (κ2) is 7.77. The van der Waals surface area contributed by atoms with Gasteiger partial charge in [-0.15, -0.1) is 0 Å². The topological polar surface area (TPSA) is 59.5 Å². The van der Waals surface area contributed by atoms with E-state index in [1.54, 1.807) is 13.4 Å². The third kappa shape index (κ3) is 3.94. The lowest BCUT2D eigenvalue weighted by atomic mass is 10.1. The molecule has 0 amide bonds. The van der Waals surface area contributed by atoms with Gasteiger partial charge in [-0.2, -0.15) is 0 Å². The molecule has 2 heterocycles. The summed E-state index contributed by atoms with van der Waals surface area (Å²) in [6.45, 7) is 9.09. The van der Waals surface area contributed by atoms with Crippen LogP contribution in [-0.4, -0.2) is 60.9 Å². The van der Waals surface area contributed by atoms with E-state index in [1.807, 2.05) is 18.2 Å². The van der Waals surface area contributed by atoms with Crippen LogP contribution in [0.2, 0.25) is 0 Å². The van der Waals surface area contributed by atoms with Crippen molar-refractivity contribution < 1.29 is 9.47 Å². The standard InChI is InChI=1S/C18H26N4O2/c1-13(2)10-22-7-8-24-14(11-22)9-19-18-17-15(20-12-21-18)5-4-6-16(17)23-3/h4-6,12-14H,7-11H2,1-3H3,(H,19,20,21). The minimum absolute atomic E-state index is 0.164. The van der Waals surface area contributed by atoms with Gasteiger partial charge in [0.15, 0.2) is 0 Å². The number of fused-ring (bicyclic) bond motifs is 1. The number of nitrogens with one attached hydrogen (secondary N) is 1. The van der Waals surface area contributed by atoms with Crippen LogP contribution < -0.4 is 10.1 Å². The van der Waals surface area contributed by atoms with E-state index in [-0.39, 0.29) is 6.10 Å². The lowest BCUT2D eigenvalue weighted by Gasteiger charge is -2.34. The van der Waals surface area contributed by atoms with Crippen molar-refractivity contribution in [2.24, 2.45) is 5.92 Å². The van der Waals surface area contributed by atoms with Gasteiger partial charge < -0.3 is 14.8 Å². The first kappa shape index (κ1) is 16.9. The van der Waals surface area contributed by atoms with Crippen LogP contribution in [0.1, 0.15) is 13.8 Å². The van der Waals surface area contributed by atoms with Crippen LogP contribution in [0.3, 0.4) is 0 Å². The number of aromatic nitrogens is 2. The Bertz CT molecular complexity index is 672. The maximum absolute atomic E-state index is 5.90. The summed E-state index contributed by atoms with van der Waals surface area (Å²) < 4.78 is 11.4. The molecule has 0 saturated carbocycles. The fourth-order valence-electron chi connectivity index (χ4n) is 3.18. The molecule has 6 heteroatoms. The number of ether oxygens (including phenoxy) is 2. The molecule has 1 aromatic heterocycles. The van der Waals surface area contributed by atoms with E-state index in [9.17, 15) is 0 Å². The zero-order chi connectivity index (χ0) is 16.9. The summed E-state index contributed by atoms with van der Waals surface area (Å²) in [5.41, 5.74) is 0.873. The fraction of sp³-hybridized carbons (Fsp3) is 0.556. The number of rotatable bonds is 6. The van der Waals surface area contributed by atoms with Crippen LogP contribution in [0.4, 0.5) is 5.82 Å². The van der Waals surface area contributed by atoms with E-state index >= 15 is 0 Å². The minimum Gasteiger partial charge on any atom is -0.496 e. The quantitative estimate of drug-likeness (QED) is 0.878. The van der Waals surface area contributed by atoms with Crippen molar-refractivity contribution in [1.29, 1.82) is 0 Å². The van der Waals surface area contributed by atoms with E-state index in [4.69, 9.17) is 9.47 Å². The number of hydrogen-bond acceptors (Lipinski definition) is 6. The molecule has 3 rings (SSSR count). The first-order chi connectivity index (χ1) is 11.7. The van der Waals surface area contributed by atoms with Crippen molar-refractivity contribution in [2.75, 3.05) is 45.2 Å². The van der Waals surface area contributed by atoms with Gasteiger partial charge in [0.05, 0.1) is 30.7 Å². The van der Waals surface area contributed by atoms with Crippen LogP contribution in [0.25, 0.3) is 10.9 Å². The molecule has 1 N–H and O–H groups in total.